The van der Waals surface area contributed by atoms with E-state index in [2.05, 4.69) is 0 Å². The van der Waals surface area contributed by atoms with Gasteiger partial charge in [0.05, 0.1) is 0 Å². The predicted octanol–water partition coefficient (Wildman–Crippen LogP) is -0.0363. The van der Waals surface area contributed by atoms with Crippen molar-refractivity contribution in [2.45, 2.75) is 4.90 Å². The normalized spacial score (nSPS) is 10.5. The summed E-state index contributed by atoms with van der Waals surface area (Å²) in [4.78, 5) is -0.706. The van der Waals surface area contributed by atoms with Crippen LogP contribution in [0.2, 0.25) is 0 Å². The van der Waals surface area contributed by atoms with Gasteiger partial charge >= 0.3 is 0 Å². The van der Waals surface area contributed by atoms with Crippen LogP contribution >= 0.6 is 0 Å². The molecule has 0 aliphatic carbocycles. The van der Waals surface area contributed by atoms with E-state index < -0.39 is 20.8 Å². The van der Waals surface area contributed by atoms with Crippen molar-refractivity contribution in [3.05, 3.63) is 18.2 Å². The number of phenolic OH excluding ortho intramolecular Hbond substituents is 2. The second kappa shape index (κ2) is 4.14. The van der Waals surface area contributed by atoms with Crippen molar-refractivity contribution < 1.29 is 23.2 Å². The van der Waals surface area contributed by atoms with E-state index in [1.54, 1.807) is 0 Å². The molecule has 1 rings (SSSR count). The molecule has 5 nitrogen and oxygen atoms in total. The van der Waals surface area contributed by atoms with Crippen molar-refractivity contribution in [1.82, 2.24) is 0 Å². The quantitative estimate of drug-likeness (QED) is 0.346. The summed E-state index contributed by atoms with van der Waals surface area (Å²) >= 11 is 0. The van der Waals surface area contributed by atoms with Gasteiger partial charge in [-0.05, 0) is 12.1 Å². The molecule has 68 valence electrons. The highest BCUT2D eigenvalue weighted by Gasteiger charge is 2.15. The van der Waals surface area contributed by atoms with Crippen LogP contribution < -0.4 is 0 Å². The minimum absolute atomic E-state index is 0. The first-order chi connectivity index (χ1) is 5.41. The monoisotopic (exact) mass is 214 g/mol. The number of aromatic hydroxyl groups is 2. The smallest absolute Gasteiger partial charge is 0.298 e. The van der Waals surface area contributed by atoms with Gasteiger partial charge in [-0.1, -0.05) is 0 Å². The molecular weight excluding hydrogens is 208 g/mol. The van der Waals surface area contributed by atoms with Crippen LogP contribution in [0.5, 0.6) is 11.5 Å². The molecule has 0 saturated heterocycles. The van der Waals surface area contributed by atoms with E-state index in [0.29, 0.717) is 0 Å². The summed E-state index contributed by atoms with van der Waals surface area (Å²) in [6.45, 7) is 0. The standard InChI is InChI=1S/C6H6O5S.Mg/c7-4-1-2-5(8)6(3-4)12(9,10)11;/h1-3,7-8H,(H,9,10,11);. The summed E-state index contributed by atoms with van der Waals surface area (Å²) in [7, 11) is -4.47. The lowest BCUT2D eigenvalue weighted by Crippen LogP contribution is -1.97. The van der Waals surface area contributed by atoms with Gasteiger partial charge in [0.25, 0.3) is 10.1 Å². The Morgan fingerprint density at radius 1 is 1.15 bits per heavy atom. The summed E-state index contributed by atoms with van der Waals surface area (Å²) in [5, 5.41) is 17.7. The van der Waals surface area contributed by atoms with Gasteiger partial charge in [-0.25, -0.2) is 0 Å². The molecule has 0 unspecified atom stereocenters. The molecule has 1 aromatic rings. The molecule has 0 heterocycles. The first kappa shape index (κ1) is 12.5. The largest absolute Gasteiger partial charge is 0.508 e. The number of rotatable bonds is 1. The minimum atomic E-state index is -4.47. The Morgan fingerprint density at radius 3 is 2.08 bits per heavy atom. The van der Waals surface area contributed by atoms with Crippen molar-refractivity contribution in [3.8, 4) is 11.5 Å². The van der Waals surface area contributed by atoms with E-state index in [9.17, 15) is 8.42 Å². The Labute approximate surface area is 90.9 Å². The molecule has 0 saturated carbocycles. The average molecular weight is 214 g/mol. The van der Waals surface area contributed by atoms with E-state index >= 15 is 0 Å². The molecule has 2 radical (unpaired) electrons. The molecule has 0 spiro atoms. The van der Waals surface area contributed by atoms with Gasteiger partial charge in [0.15, 0.2) is 0 Å². The van der Waals surface area contributed by atoms with Crippen molar-refractivity contribution in [1.29, 1.82) is 0 Å². The molecule has 0 fully saturated rings. The number of benzene rings is 1. The maximum Gasteiger partial charge on any atom is 0.298 e. The number of phenols is 2. The Morgan fingerprint density at radius 2 is 1.69 bits per heavy atom. The maximum atomic E-state index is 10.5. The Bertz CT molecular complexity index is 399. The summed E-state index contributed by atoms with van der Waals surface area (Å²) < 4.78 is 29.5. The Kier molecular flexibility index (Phi) is 3.98. The van der Waals surface area contributed by atoms with Crippen molar-refractivity contribution in [2.75, 3.05) is 0 Å². The topological polar surface area (TPSA) is 94.8 Å². The molecule has 0 aliphatic rings. The van der Waals surface area contributed by atoms with Gasteiger partial charge in [0.2, 0.25) is 0 Å². The zero-order chi connectivity index (χ0) is 9.35. The summed E-state index contributed by atoms with van der Waals surface area (Å²) in [5.74, 6) is -0.948. The van der Waals surface area contributed by atoms with E-state index in [1.807, 2.05) is 0 Å². The van der Waals surface area contributed by atoms with Crippen molar-refractivity contribution >= 4 is 33.2 Å². The van der Waals surface area contributed by atoms with Gasteiger partial charge in [-0.3, -0.25) is 4.55 Å². The van der Waals surface area contributed by atoms with Crippen LogP contribution in [0.1, 0.15) is 0 Å². The second-order valence-electron chi connectivity index (χ2n) is 2.13. The zero-order valence-corrected chi connectivity index (χ0v) is 8.74. The van der Waals surface area contributed by atoms with Gasteiger partial charge in [-0.2, -0.15) is 8.42 Å². The van der Waals surface area contributed by atoms with Gasteiger partial charge in [0, 0.05) is 29.1 Å². The Balaban J connectivity index is 0.00000144. The molecular formula is C6H6MgO5S. The third kappa shape index (κ3) is 3.03. The van der Waals surface area contributed by atoms with E-state index in [-0.39, 0.29) is 28.8 Å². The first-order valence-electron chi connectivity index (χ1n) is 2.91. The lowest BCUT2D eigenvalue weighted by molar-refractivity contribution is 0.433. The maximum absolute atomic E-state index is 10.5. The molecule has 0 amide bonds. The lowest BCUT2D eigenvalue weighted by Gasteiger charge is -2.00. The second-order valence-corrected chi connectivity index (χ2v) is 3.52. The third-order valence-electron chi connectivity index (χ3n) is 1.22. The molecule has 0 bridgehead atoms. The fourth-order valence-corrected chi connectivity index (χ4v) is 1.31. The molecule has 7 heteroatoms. The SMILES string of the molecule is O=S(=O)(O)c1cc(O)ccc1O.[Mg]. The van der Waals surface area contributed by atoms with E-state index in [1.165, 1.54) is 0 Å². The van der Waals surface area contributed by atoms with Crippen LogP contribution in [0.3, 0.4) is 0 Å². The van der Waals surface area contributed by atoms with E-state index in [0.717, 1.165) is 18.2 Å². The van der Waals surface area contributed by atoms with Crippen molar-refractivity contribution in [3.63, 3.8) is 0 Å². The number of hydrogen-bond acceptors (Lipinski definition) is 4. The predicted molar refractivity (Wildman–Crippen MR) is 45.3 cm³/mol. The summed E-state index contributed by atoms with van der Waals surface area (Å²) in [6, 6.07) is 2.83. The minimum Gasteiger partial charge on any atom is -0.508 e. The lowest BCUT2D eigenvalue weighted by atomic mass is 10.3. The molecule has 0 aromatic heterocycles. The Hall–Kier alpha value is -0.504. The van der Waals surface area contributed by atoms with Gasteiger partial charge < -0.3 is 10.2 Å². The highest BCUT2D eigenvalue weighted by Crippen LogP contribution is 2.25. The van der Waals surface area contributed by atoms with Crippen LogP contribution in [0.25, 0.3) is 0 Å². The van der Waals surface area contributed by atoms with Gasteiger partial charge in [0.1, 0.15) is 16.4 Å². The first-order valence-corrected chi connectivity index (χ1v) is 4.35. The zero-order valence-electron chi connectivity index (χ0n) is 6.51. The fourth-order valence-electron chi connectivity index (χ4n) is 0.709. The van der Waals surface area contributed by atoms with Crippen LogP contribution in [-0.4, -0.2) is 46.2 Å². The van der Waals surface area contributed by atoms with Gasteiger partial charge in [-0.15, -0.1) is 0 Å². The highest BCUT2D eigenvalue weighted by molar-refractivity contribution is 7.86. The molecule has 3 N–H and O–H groups in total. The number of hydrogen-bond donors (Lipinski definition) is 3. The molecule has 0 aliphatic heterocycles. The third-order valence-corrected chi connectivity index (χ3v) is 2.10. The van der Waals surface area contributed by atoms with Crippen LogP contribution in [0.4, 0.5) is 0 Å². The summed E-state index contributed by atoms with van der Waals surface area (Å²) in [5.41, 5.74) is 0. The highest BCUT2D eigenvalue weighted by atomic mass is 32.2. The van der Waals surface area contributed by atoms with Crippen LogP contribution in [0.15, 0.2) is 23.1 Å². The summed E-state index contributed by atoms with van der Waals surface area (Å²) in [6.07, 6.45) is 0. The molecule has 13 heavy (non-hydrogen) atoms. The fraction of sp³-hybridized carbons (Fsp3) is 0. The molecule has 0 atom stereocenters. The van der Waals surface area contributed by atoms with Crippen LogP contribution in [0, 0.1) is 0 Å². The molecule has 1 aromatic carbocycles. The van der Waals surface area contributed by atoms with E-state index in [4.69, 9.17) is 14.8 Å². The average Bonchev–Trinajstić information content (AvgIpc) is 1.92. The van der Waals surface area contributed by atoms with Crippen LogP contribution in [-0.2, 0) is 10.1 Å². The van der Waals surface area contributed by atoms with Crippen molar-refractivity contribution in [2.24, 2.45) is 0 Å².